The van der Waals surface area contributed by atoms with Crippen LogP contribution in [0.2, 0.25) is 0 Å². The molecule has 12 nitrogen and oxygen atoms in total. The van der Waals surface area contributed by atoms with Gasteiger partial charge in [0.05, 0.1) is 76.2 Å². The third kappa shape index (κ3) is 10.3. The van der Waals surface area contributed by atoms with Gasteiger partial charge in [-0.15, -0.1) is 0 Å². The van der Waals surface area contributed by atoms with Crippen LogP contribution >= 0.6 is 0 Å². The predicted molar refractivity (Wildman–Crippen MR) is 118 cm³/mol. The topological polar surface area (TPSA) is 167 Å². The molecule has 2 N–H and O–H groups in total. The lowest BCUT2D eigenvalue weighted by atomic mass is 10.0. The van der Waals surface area contributed by atoms with Crippen LogP contribution in [-0.2, 0) is 33.2 Å². The van der Waals surface area contributed by atoms with Crippen molar-refractivity contribution in [2.24, 2.45) is 0 Å². The number of carbonyl (C=O) groups is 4. The van der Waals surface area contributed by atoms with Crippen LogP contribution in [0.3, 0.4) is 0 Å². The molecule has 1 aromatic rings. The summed E-state index contributed by atoms with van der Waals surface area (Å²) in [6.07, 6.45) is -0.350. The van der Waals surface area contributed by atoms with Gasteiger partial charge in [-0.05, 0) is 18.2 Å². The summed E-state index contributed by atoms with van der Waals surface area (Å²) in [5.41, 5.74) is -0.617. The van der Waals surface area contributed by atoms with E-state index in [1.165, 1.54) is 6.07 Å². The van der Waals surface area contributed by atoms with Gasteiger partial charge in [-0.3, -0.25) is 4.79 Å². The largest absolute Gasteiger partial charge is 0.478 e. The number of ether oxygens (including phenoxy) is 6. The Hall–Kier alpha value is -3.16. The van der Waals surface area contributed by atoms with Crippen molar-refractivity contribution in [2.45, 2.75) is 6.10 Å². The molecule has 0 bridgehead atoms. The highest BCUT2D eigenvalue weighted by Crippen LogP contribution is 2.15. The second-order valence-electron chi connectivity index (χ2n) is 7.19. The zero-order valence-corrected chi connectivity index (χ0v) is 19.1. The van der Waals surface area contributed by atoms with Crippen LogP contribution < -0.4 is 0 Å². The molecule has 1 unspecified atom stereocenters. The molecule has 1 aliphatic rings. The Bertz CT molecular complexity index is 906. The summed E-state index contributed by atoms with van der Waals surface area (Å²) in [6.45, 7) is 6.22. The normalized spacial score (nSPS) is 14.3. The fraction of sp³-hybridized carbons (Fsp3) is 0.478. The quantitative estimate of drug-likeness (QED) is 0.120. The van der Waals surface area contributed by atoms with E-state index in [1.54, 1.807) is 0 Å². The van der Waals surface area contributed by atoms with E-state index in [4.69, 9.17) is 38.6 Å². The van der Waals surface area contributed by atoms with Crippen molar-refractivity contribution < 1.29 is 57.8 Å². The highest BCUT2D eigenvalue weighted by Gasteiger charge is 2.32. The van der Waals surface area contributed by atoms with Crippen LogP contribution in [0.4, 0.5) is 0 Å². The van der Waals surface area contributed by atoms with E-state index in [-0.39, 0.29) is 43.9 Å². The molecule has 1 atom stereocenters. The van der Waals surface area contributed by atoms with Gasteiger partial charge >= 0.3 is 17.9 Å². The highest BCUT2D eigenvalue weighted by atomic mass is 16.6. The van der Waals surface area contributed by atoms with Gasteiger partial charge in [0.2, 0.25) is 0 Å². The van der Waals surface area contributed by atoms with Crippen LogP contribution in [-0.4, -0.2) is 106 Å². The van der Waals surface area contributed by atoms with Crippen molar-refractivity contribution in [3.05, 3.63) is 47.0 Å². The molecular weight excluding hydrogens is 468 g/mol. The first-order chi connectivity index (χ1) is 16.8. The molecule has 0 radical (unpaired) electrons. The third-order valence-electron chi connectivity index (χ3n) is 4.54. The number of hydrogen-bond donors (Lipinski definition) is 2. The number of rotatable bonds is 19. The average molecular weight is 496 g/mol. The molecule has 1 heterocycles. The summed E-state index contributed by atoms with van der Waals surface area (Å²) in [5, 5.41) is 18.1. The first kappa shape index (κ1) is 28.1. The second-order valence-corrected chi connectivity index (χ2v) is 7.19. The maximum absolute atomic E-state index is 12.0. The zero-order chi connectivity index (χ0) is 25.6. The Morgan fingerprint density at radius 3 is 1.86 bits per heavy atom. The molecule has 12 heteroatoms. The Morgan fingerprint density at radius 1 is 0.829 bits per heavy atom. The minimum absolute atomic E-state index is 0.0727. The number of hydrogen-bond acceptors (Lipinski definition) is 10. The maximum atomic E-state index is 12.0. The number of Topliss-reactive ketones (excluding diaryl/α,β-unsaturated/α-hetero) is 1. The molecule has 1 saturated heterocycles. The van der Waals surface area contributed by atoms with Gasteiger partial charge in [-0.25, -0.2) is 14.4 Å². The Kier molecular flexibility index (Phi) is 12.0. The van der Waals surface area contributed by atoms with E-state index in [9.17, 15) is 19.2 Å². The van der Waals surface area contributed by atoms with Crippen LogP contribution in [0, 0.1) is 0 Å². The molecule has 0 aliphatic carbocycles. The molecule has 2 rings (SSSR count). The van der Waals surface area contributed by atoms with Crippen molar-refractivity contribution in [3.63, 3.8) is 0 Å². The first-order valence-corrected chi connectivity index (χ1v) is 10.7. The minimum atomic E-state index is -1.46. The van der Waals surface area contributed by atoms with Gasteiger partial charge < -0.3 is 38.6 Å². The molecule has 1 aromatic carbocycles. The minimum Gasteiger partial charge on any atom is -0.478 e. The third-order valence-corrected chi connectivity index (χ3v) is 4.54. The smallest absolute Gasteiger partial charge is 0.338 e. The molecule has 1 fully saturated rings. The van der Waals surface area contributed by atoms with Gasteiger partial charge in [-0.1, -0.05) is 6.58 Å². The maximum Gasteiger partial charge on any atom is 0.338 e. The van der Waals surface area contributed by atoms with Crippen molar-refractivity contribution in [2.75, 3.05) is 66.1 Å². The predicted octanol–water partition coefficient (Wildman–Crippen LogP) is 0.830. The molecule has 192 valence electrons. The van der Waals surface area contributed by atoms with Gasteiger partial charge in [0.15, 0.2) is 5.78 Å². The van der Waals surface area contributed by atoms with Crippen molar-refractivity contribution >= 4 is 23.7 Å². The Morgan fingerprint density at radius 2 is 1.34 bits per heavy atom. The lowest BCUT2D eigenvalue weighted by Crippen LogP contribution is -2.16. The number of ketones is 1. The van der Waals surface area contributed by atoms with E-state index < -0.39 is 29.0 Å². The van der Waals surface area contributed by atoms with E-state index in [1.807, 2.05) is 0 Å². The first-order valence-electron chi connectivity index (χ1n) is 10.7. The molecule has 35 heavy (non-hydrogen) atoms. The summed E-state index contributed by atoms with van der Waals surface area (Å²) >= 11 is 0. The summed E-state index contributed by atoms with van der Waals surface area (Å²) in [5.74, 6) is -3.78. The summed E-state index contributed by atoms with van der Waals surface area (Å²) in [6, 6.07) is 3.18. The standard InChI is InChI=1S/C23H28O12/c1-15(20(24)19-14-35-19)13-33-9-8-31-5-4-30-6-7-32-10-11-34-23(29)16-2-3-17(21(25)26)18(12-16)22(27)28/h2-3,12,19H,1,4-11,13-14H2,(H,25,26)(H,27,28). The number of benzene rings is 1. The number of carbonyl (C=O) groups excluding carboxylic acids is 2. The zero-order valence-electron chi connectivity index (χ0n) is 19.1. The number of epoxide rings is 1. The Balaban J connectivity index is 1.43. The second kappa shape index (κ2) is 15.0. The van der Waals surface area contributed by atoms with E-state index in [0.717, 1.165) is 12.1 Å². The van der Waals surface area contributed by atoms with E-state index in [0.29, 0.717) is 45.2 Å². The molecule has 0 aromatic heterocycles. The molecule has 0 amide bonds. The lowest BCUT2D eigenvalue weighted by Gasteiger charge is -2.09. The summed E-state index contributed by atoms with van der Waals surface area (Å²) < 4.78 is 31.1. The number of esters is 1. The molecule has 1 aliphatic heterocycles. The fourth-order valence-electron chi connectivity index (χ4n) is 2.66. The van der Waals surface area contributed by atoms with Crippen molar-refractivity contribution in [1.29, 1.82) is 0 Å². The monoisotopic (exact) mass is 496 g/mol. The van der Waals surface area contributed by atoms with E-state index >= 15 is 0 Å². The number of carboxylic acid groups (broad SMARTS) is 2. The van der Waals surface area contributed by atoms with Crippen LogP contribution in [0.25, 0.3) is 0 Å². The molecule has 0 saturated carbocycles. The van der Waals surface area contributed by atoms with Gasteiger partial charge in [0.1, 0.15) is 12.7 Å². The van der Waals surface area contributed by atoms with Gasteiger partial charge in [0.25, 0.3) is 0 Å². The van der Waals surface area contributed by atoms with Crippen molar-refractivity contribution in [3.8, 4) is 0 Å². The van der Waals surface area contributed by atoms with Crippen molar-refractivity contribution in [1.82, 2.24) is 0 Å². The van der Waals surface area contributed by atoms with E-state index in [2.05, 4.69) is 6.58 Å². The number of aromatic carboxylic acids is 2. The summed E-state index contributed by atoms with van der Waals surface area (Å²) in [7, 11) is 0. The molecular formula is C23H28O12. The van der Waals surface area contributed by atoms with Gasteiger partial charge in [0, 0.05) is 5.57 Å². The fourth-order valence-corrected chi connectivity index (χ4v) is 2.66. The lowest BCUT2D eigenvalue weighted by molar-refractivity contribution is -0.117. The highest BCUT2D eigenvalue weighted by molar-refractivity contribution is 6.04. The Labute approximate surface area is 201 Å². The van der Waals surface area contributed by atoms with Gasteiger partial charge in [-0.2, -0.15) is 0 Å². The van der Waals surface area contributed by atoms with Crippen LogP contribution in [0.5, 0.6) is 0 Å². The number of carboxylic acids is 2. The summed E-state index contributed by atoms with van der Waals surface area (Å²) in [4.78, 5) is 45.8. The van der Waals surface area contributed by atoms with Crippen LogP contribution in [0.15, 0.2) is 30.4 Å². The SMILES string of the molecule is C=C(COCCOCCOCCOCCOC(=O)c1ccc(C(=O)O)c(C(=O)O)c1)C(=O)C1CO1. The average Bonchev–Trinajstić information content (AvgIpc) is 3.68. The van der Waals surface area contributed by atoms with Crippen LogP contribution in [0.1, 0.15) is 31.1 Å². The molecule has 0 spiro atoms.